The summed E-state index contributed by atoms with van der Waals surface area (Å²) in [5, 5.41) is 13.3. The summed E-state index contributed by atoms with van der Waals surface area (Å²) >= 11 is 0. The van der Waals surface area contributed by atoms with Crippen LogP contribution in [0.4, 0.5) is 8.78 Å². The maximum Gasteiger partial charge on any atom is 0.254 e. The number of fused-ring (bicyclic) bond motifs is 1. The number of nitriles is 1. The van der Waals surface area contributed by atoms with Crippen LogP contribution in [-0.4, -0.2) is 57.0 Å². The maximum atomic E-state index is 13.5. The van der Waals surface area contributed by atoms with Crippen LogP contribution in [0.15, 0.2) is 36.5 Å². The van der Waals surface area contributed by atoms with Crippen LogP contribution in [0.25, 0.3) is 0 Å². The first-order chi connectivity index (χ1) is 13.9. The number of carbonyl (C=O) groups is 2. The van der Waals surface area contributed by atoms with E-state index in [-0.39, 0.29) is 50.8 Å². The predicted octanol–water partition coefficient (Wildman–Crippen LogP) is 2.21. The fourth-order valence-corrected chi connectivity index (χ4v) is 3.80. The Morgan fingerprint density at radius 1 is 1.17 bits per heavy atom. The summed E-state index contributed by atoms with van der Waals surface area (Å²) in [5.74, 6) is -3.35. The number of nitrogens with zero attached hydrogens (tertiary/aromatic N) is 5. The van der Waals surface area contributed by atoms with Crippen molar-refractivity contribution in [2.24, 2.45) is 0 Å². The Bertz CT molecular complexity index is 987. The highest BCUT2D eigenvalue weighted by atomic mass is 19.3. The van der Waals surface area contributed by atoms with Crippen LogP contribution in [-0.2, 0) is 11.3 Å². The summed E-state index contributed by atoms with van der Waals surface area (Å²) in [7, 11) is 0. The summed E-state index contributed by atoms with van der Waals surface area (Å²) in [6.07, 6.45) is 0.840. The number of benzene rings is 1. The lowest BCUT2D eigenvalue weighted by molar-refractivity contribution is -0.142. The zero-order chi connectivity index (χ0) is 20.6. The molecule has 7 nitrogen and oxygen atoms in total. The van der Waals surface area contributed by atoms with E-state index >= 15 is 0 Å². The maximum absolute atomic E-state index is 13.5. The molecule has 29 heavy (non-hydrogen) atoms. The first kappa shape index (κ1) is 19.1. The fourth-order valence-electron chi connectivity index (χ4n) is 3.80. The monoisotopic (exact) mass is 399 g/mol. The second-order valence-electron chi connectivity index (χ2n) is 7.34. The molecule has 1 aromatic heterocycles. The number of amides is 2. The van der Waals surface area contributed by atoms with Crippen molar-refractivity contribution >= 4 is 11.8 Å². The molecule has 150 valence electrons. The number of halogens is 2. The van der Waals surface area contributed by atoms with Crippen LogP contribution in [0, 0.1) is 11.3 Å². The molecule has 2 aliphatic heterocycles. The molecule has 0 bridgehead atoms. The number of piperidine rings is 1. The normalized spacial score (nSPS) is 20.7. The van der Waals surface area contributed by atoms with E-state index in [2.05, 4.69) is 5.10 Å². The van der Waals surface area contributed by atoms with Gasteiger partial charge in [0.2, 0.25) is 5.91 Å². The van der Waals surface area contributed by atoms with Crippen molar-refractivity contribution in [3.05, 3.63) is 53.3 Å². The molecule has 1 fully saturated rings. The van der Waals surface area contributed by atoms with Crippen molar-refractivity contribution in [2.45, 2.75) is 31.4 Å². The molecule has 0 radical (unpaired) electrons. The number of hydrogen-bond acceptors (Lipinski definition) is 4. The molecule has 0 N–H and O–H groups in total. The van der Waals surface area contributed by atoms with Crippen molar-refractivity contribution in [1.82, 2.24) is 19.6 Å². The average molecular weight is 399 g/mol. The molecule has 2 amide bonds. The van der Waals surface area contributed by atoms with Crippen molar-refractivity contribution in [3.8, 4) is 6.07 Å². The molecule has 1 saturated heterocycles. The van der Waals surface area contributed by atoms with Gasteiger partial charge in [0, 0.05) is 37.7 Å². The predicted molar refractivity (Wildman–Crippen MR) is 97.9 cm³/mol. The Kier molecular flexibility index (Phi) is 4.78. The van der Waals surface area contributed by atoms with Crippen LogP contribution in [0.1, 0.15) is 40.5 Å². The lowest BCUT2D eigenvalue weighted by Gasteiger charge is -2.38. The van der Waals surface area contributed by atoms with E-state index in [1.807, 2.05) is 6.07 Å². The molecule has 9 heteroatoms. The van der Waals surface area contributed by atoms with E-state index in [9.17, 15) is 18.4 Å². The number of carbonyl (C=O) groups excluding carboxylic acids is 2. The van der Waals surface area contributed by atoms with Gasteiger partial charge in [-0.3, -0.25) is 14.3 Å². The van der Waals surface area contributed by atoms with Gasteiger partial charge in [-0.2, -0.15) is 10.4 Å². The molecule has 4 rings (SSSR count). The molecule has 1 aromatic carbocycles. The van der Waals surface area contributed by atoms with Gasteiger partial charge in [-0.1, -0.05) is 6.07 Å². The fraction of sp³-hybridized carbons (Fsp3) is 0.400. The summed E-state index contributed by atoms with van der Waals surface area (Å²) in [6, 6.07) is 9.36. The number of alkyl halides is 2. The first-order valence-corrected chi connectivity index (χ1v) is 9.36. The zero-order valence-electron chi connectivity index (χ0n) is 15.6. The number of rotatable bonds is 2. The molecule has 1 atom stereocenters. The highest BCUT2D eigenvalue weighted by Crippen LogP contribution is 2.30. The lowest BCUT2D eigenvalue weighted by atomic mass is 10.0. The third-order valence-corrected chi connectivity index (χ3v) is 5.41. The molecular weight excluding hydrogens is 380 g/mol. The molecule has 2 aliphatic rings. The molecule has 0 unspecified atom stereocenters. The largest absolute Gasteiger partial charge is 0.340 e. The Balaban J connectivity index is 1.57. The first-order valence-electron chi connectivity index (χ1n) is 9.36. The van der Waals surface area contributed by atoms with Crippen molar-refractivity contribution in [2.75, 3.05) is 19.6 Å². The van der Waals surface area contributed by atoms with Gasteiger partial charge in [0.25, 0.3) is 11.8 Å². The second-order valence-corrected chi connectivity index (χ2v) is 7.34. The van der Waals surface area contributed by atoms with Gasteiger partial charge in [-0.05, 0) is 24.3 Å². The molecule has 0 spiro atoms. The van der Waals surface area contributed by atoms with E-state index in [0.717, 1.165) is 0 Å². The standard InChI is InChI=1S/C20H19F2N5O2/c21-20(22)5-8-25(9-6-20)19(29)17-13-26(12-16-4-7-24-27(16)17)18(28)15-3-1-2-14(10-15)11-23/h1-4,7,10,17H,5-6,8-9,12-13H2/t17-/m0/s1. The van der Waals surface area contributed by atoms with Crippen molar-refractivity contribution < 1.29 is 18.4 Å². The Morgan fingerprint density at radius 3 is 2.66 bits per heavy atom. The van der Waals surface area contributed by atoms with E-state index in [0.29, 0.717) is 16.8 Å². The van der Waals surface area contributed by atoms with Gasteiger partial charge in [0.1, 0.15) is 6.04 Å². The van der Waals surface area contributed by atoms with E-state index in [1.165, 1.54) is 15.9 Å². The van der Waals surface area contributed by atoms with Gasteiger partial charge in [0.05, 0.1) is 30.4 Å². The van der Waals surface area contributed by atoms with Crippen LogP contribution in [0.3, 0.4) is 0 Å². The molecule has 3 heterocycles. The van der Waals surface area contributed by atoms with E-state index in [1.54, 1.807) is 35.1 Å². The topological polar surface area (TPSA) is 82.2 Å². The van der Waals surface area contributed by atoms with E-state index < -0.39 is 12.0 Å². The van der Waals surface area contributed by atoms with Crippen LogP contribution >= 0.6 is 0 Å². The third kappa shape index (κ3) is 3.70. The van der Waals surface area contributed by atoms with Crippen LogP contribution < -0.4 is 0 Å². The van der Waals surface area contributed by atoms with Gasteiger partial charge in [0.15, 0.2) is 0 Å². The highest BCUT2D eigenvalue weighted by Gasteiger charge is 2.40. The number of aromatic nitrogens is 2. The Hall–Kier alpha value is -3.28. The molecule has 0 aliphatic carbocycles. The highest BCUT2D eigenvalue weighted by molar-refractivity contribution is 5.95. The number of hydrogen-bond donors (Lipinski definition) is 0. The van der Waals surface area contributed by atoms with Gasteiger partial charge < -0.3 is 9.80 Å². The van der Waals surface area contributed by atoms with Crippen LogP contribution in [0.2, 0.25) is 0 Å². The summed E-state index contributed by atoms with van der Waals surface area (Å²) in [4.78, 5) is 29.0. The summed E-state index contributed by atoms with van der Waals surface area (Å²) in [5.41, 5.74) is 1.43. The Morgan fingerprint density at radius 2 is 1.93 bits per heavy atom. The van der Waals surface area contributed by atoms with E-state index in [4.69, 9.17) is 5.26 Å². The van der Waals surface area contributed by atoms with Crippen molar-refractivity contribution in [1.29, 1.82) is 5.26 Å². The van der Waals surface area contributed by atoms with Gasteiger partial charge in [-0.25, -0.2) is 8.78 Å². The minimum Gasteiger partial charge on any atom is -0.340 e. The summed E-state index contributed by atoms with van der Waals surface area (Å²) in [6.45, 7) is 0.335. The van der Waals surface area contributed by atoms with Gasteiger partial charge in [-0.15, -0.1) is 0 Å². The average Bonchev–Trinajstić information content (AvgIpc) is 3.20. The molecule has 0 saturated carbocycles. The second kappa shape index (κ2) is 7.28. The van der Waals surface area contributed by atoms with Gasteiger partial charge >= 0.3 is 0 Å². The van der Waals surface area contributed by atoms with Crippen LogP contribution in [0.5, 0.6) is 0 Å². The smallest absolute Gasteiger partial charge is 0.254 e. The van der Waals surface area contributed by atoms with Crippen molar-refractivity contribution in [3.63, 3.8) is 0 Å². The molecular formula is C20H19F2N5O2. The minimum atomic E-state index is -2.74. The Labute approximate surface area is 166 Å². The minimum absolute atomic E-state index is 0.0168. The lowest BCUT2D eigenvalue weighted by Crippen LogP contribution is -2.51. The SMILES string of the molecule is N#Cc1cccc(C(=O)N2Cc3ccnn3[C@H](C(=O)N3CCC(F)(F)CC3)C2)c1. The summed E-state index contributed by atoms with van der Waals surface area (Å²) < 4.78 is 28.5. The third-order valence-electron chi connectivity index (χ3n) is 5.41. The number of likely N-dealkylation sites (tertiary alicyclic amines) is 1. The quantitative estimate of drug-likeness (QED) is 0.775. The zero-order valence-corrected chi connectivity index (χ0v) is 15.6. The molecule has 2 aromatic rings.